The first-order valence-corrected chi connectivity index (χ1v) is 6.37. The summed E-state index contributed by atoms with van der Waals surface area (Å²) in [5, 5.41) is 14.0. The Kier molecular flexibility index (Phi) is 4.84. The van der Waals surface area contributed by atoms with Crippen molar-refractivity contribution >= 4 is 0 Å². The van der Waals surface area contributed by atoms with Crippen LogP contribution in [0.15, 0.2) is 0 Å². The zero-order chi connectivity index (χ0) is 12.1. The van der Waals surface area contributed by atoms with Crippen molar-refractivity contribution < 1.29 is 5.11 Å². The van der Waals surface area contributed by atoms with Gasteiger partial charge < -0.3 is 5.11 Å². The lowest BCUT2D eigenvalue weighted by atomic mass is 10.1. The number of aromatic hydroxyl groups is 1. The molecule has 0 atom stereocenters. The molecule has 1 rings (SSSR count). The van der Waals surface area contributed by atoms with Crippen molar-refractivity contribution in [2.24, 2.45) is 5.92 Å². The highest BCUT2D eigenvalue weighted by Gasteiger charge is 2.15. The summed E-state index contributed by atoms with van der Waals surface area (Å²) in [4.78, 5) is 0. The summed E-state index contributed by atoms with van der Waals surface area (Å²) in [5.74, 6) is 0.790. The van der Waals surface area contributed by atoms with Crippen LogP contribution in [-0.2, 0) is 19.4 Å². The number of aromatic nitrogens is 2. The Hall–Kier alpha value is -0.990. The van der Waals surface area contributed by atoms with E-state index in [4.69, 9.17) is 0 Å². The molecule has 16 heavy (non-hydrogen) atoms. The molecule has 1 heterocycles. The predicted molar refractivity (Wildman–Crippen MR) is 66.7 cm³/mol. The second kappa shape index (κ2) is 5.92. The summed E-state index contributed by atoms with van der Waals surface area (Å²) in [6.07, 6.45) is 4.23. The summed E-state index contributed by atoms with van der Waals surface area (Å²) >= 11 is 0. The Bertz CT molecular complexity index is 329. The molecule has 0 spiro atoms. The van der Waals surface area contributed by atoms with Crippen molar-refractivity contribution in [1.82, 2.24) is 9.78 Å². The maximum atomic E-state index is 9.79. The molecule has 0 unspecified atom stereocenters. The fraction of sp³-hybridized carbons (Fsp3) is 0.769. The number of unbranched alkanes of at least 4 members (excludes halogenated alkanes) is 1. The van der Waals surface area contributed by atoms with E-state index >= 15 is 0 Å². The van der Waals surface area contributed by atoms with Crippen LogP contribution in [0.1, 0.15) is 51.8 Å². The lowest BCUT2D eigenvalue weighted by molar-refractivity contribution is 0.414. The molecule has 0 saturated carbocycles. The van der Waals surface area contributed by atoms with E-state index in [-0.39, 0.29) is 5.88 Å². The van der Waals surface area contributed by atoms with Crippen molar-refractivity contribution in [1.29, 1.82) is 0 Å². The van der Waals surface area contributed by atoms with E-state index < -0.39 is 0 Å². The molecule has 0 aliphatic carbocycles. The molecule has 0 saturated heterocycles. The standard InChI is InChI=1S/C13H24N2O/c1-5-7-8-12-11(6-2)13(16)14-15(12)9-10(3)4/h10H,5-9H2,1-4H3,(H,14,16). The van der Waals surface area contributed by atoms with Crippen LogP contribution in [-0.4, -0.2) is 14.9 Å². The highest BCUT2D eigenvalue weighted by molar-refractivity contribution is 5.30. The molecule has 3 nitrogen and oxygen atoms in total. The maximum absolute atomic E-state index is 9.79. The Morgan fingerprint density at radius 1 is 1.31 bits per heavy atom. The van der Waals surface area contributed by atoms with Crippen LogP contribution in [0.2, 0.25) is 0 Å². The van der Waals surface area contributed by atoms with Gasteiger partial charge in [-0.25, -0.2) is 0 Å². The SMILES string of the molecule is CCCCc1c(CC)c(O)nn1CC(C)C. The van der Waals surface area contributed by atoms with E-state index in [0.717, 1.165) is 31.4 Å². The van der Waals surface area contributed by atoms with Gasteiger partial charge in [0.25, 0.3) is 0 Å². The third-order valence-electron chi connectivity index (χ3n) is 2.80. The first-order valence-electron chi connectivity index (χ1n) is 6.37. The summed E-state index contributed by atoms with van der Waals surface area (Å²) in [7, 11) is 0. The average Bonchev–Trinajstić information content (AvgIpc) is 2.50. The predicted octanol–water partition coefficient (Wildman–Crippen LogP) is 3.15. The molecular formula is C13H24N2O. The molecule has 0 aromatic carbocycles. The summed E-state index contributed by atoms with van der Waals surface area (Å²) in [6, 6.07) is 0. The fourth-order valence-electron chi connectivity index (χ4n) is 2.00. The monoisotopic (exact) mass is 224 g/mol. The molecule has 0 radical (unpaired) electrons. The molecule has 0 fully saturated rings. The Labute approximate surface area is 98.5 Å². The normalized spacial score (nSPS) is 11.3. The lowest BCUT2D eigenvalue weighted by Crippen LogP contribution is -2.10. The number of hydrogen-bond acceptors (Lipinski definition) is 2. The molecule has 1 aromatic heterocycles. The van der Waals surface area contributed by atoms with Crippen LogP contribution in [0, 0.1) is 5.92 Å². The zero-order valence-corrected chi connectivity index (χ0v) is 11.0. The number of nitrogens with zero attached hydrogens (tertiary/aromatic N) is 2. The van der Waals surface area contributed by atoms with Gasteiger partial charge in [-0.1, -0.05) is 34.1 Å². The molecule has 3 heteroatoms. The van der Waals surface area contributed by atoms with E-state index in [1.807, 2.05) is 4.68 Å². The first kappa shape index (κ1) is 13.1. The minimum absolute atomic E-state index is 0.231. The topological polar surface area (TPSA) is 38.1 Å². The van der Waals surface area contributed by atoms with Crippen LogP contribution in [0.25, 0.3) is 0 Å². The van der Waals surface area contributed by atoms with E-state index in [2.05, 4.69) is 32.8 Å². The van der Waals surface area contributed by atoms with Crippen molar-refractivity contribution in [2.75, 3.05) is 0 Å². The minimum Gasteiger partial charge on any atom is -0.492 e. The van der Waals surface area contributed by atoms with E-state index in [1.54, 1.807) is 0 Å². The smallest absolute Gasteiger partial charge is 0.233 e. The van der Waals surface area contributed by atoms with Gasteiger partial charge >= 0.3 is 0 Å². The average molecular weight is 224 g/mol. The summed E-state index contributed by atoms with van der Waals surface area (Å²) in [6.45, 7) is 9.51. The quantitative estimate of drug-likeness (QED) is 0.806. The minimum atomic E-state index is 0.231. The molecule has 92 valence electrons. The molecule has 0 bridgehead atoms. The Balaban J connectivity index is 2.96. The van der Waals surface area contributed by atoms with Crippen molar-refractivity contribution in [3.8, 4) is 5.88 Å². The summed E-state index contributed by atoms with van der Waals surface area (Å²) in [5.41, 5.74) is 2.27. The largest absolute Gasteiger partial charge is 0.492 e. The third kappa shape index (κ3) is 3.00. The van der Waals surface area contributed by atoms with Crippen LogP contribution < -0.4 is 0 Å². The van der Waals surface area contributed by atoms with Crippen molar-refractivity contribution in [3.05, 3.63) is 11.3 Å². The fourth-order valence-corrected chi connectivity index (χ4v) is 2.00. The number of rotatable bonds is 6. The second-order valence-electron chi connectivity index (χ2n) is 4.78. The third-order valence-corrected chi connectivity index (χ3v) is 2.80. The molecular weight excluding hydrogens is 200 g/mol. The highest BCUT2D eigenvalue weighted by Crippen LogP contribution is 2.23. The molecule has 1 N–H and O–H groups in total. The van der Waals surface area contributed by atoms with Crippen molar-refractivity contribution in [2.45, 2.75) is 59.9 Å². The van der Waals surface area contributed by atoms with Gasteiger partial charge in [0.15, 0.2) is 0 Å². The Morgan fingerprint density at radius 3 is 2.50 bits per heavy atom. The van der Waals surface area contributed by atoms with Gasteiger partial charge in [0, 0.05) is 17.8 Å². The van der Waals surface area contributed by atoms with Gasteiger partial charge in [0.05, 0.1) is 0 Å². The van der Waals surface area contributed by atoms with Gasteiger partial charge in [0.1, 0.15) is 0 Å². The zero-order valence-electron chi connectivity index (χ0n) is 11.0. The van der Waals surface area contributed by atoms with Crippen LogP contribution in [0.3, 0.4) is 0 Å². The maximum Gasteiger partial charge on any atom is 0.233 e. The number of hydrogen-bond donors (Lipinski definition) is 1. The van der Waals surface area contributed by atoms with Crippen LogP contribution >= 0.6 is 0 Å². The van der Waals surface area contributed by atoms with Gasteiger partial charge in [-0.15, -0.1) is 5.10 Å². The van der Waals surface area contributed by atoms with E-state index in [9.17, 15) is 5.11 Å². The highest BCUT2D eigenvalue weighted by atomic mass is 16.3. The van der Waals surface area contributed by atoms with Crippen molar-refractivity contribution in [3.63, 3.8) is 0 Å². The molecule has 0 aliphatic heterocycles. The van der Waals surface area contributed by atoms with Crippen LogP contribution in [0.5, 0.6) is 5.88 Å². The van der Waals surface area contributed by atoms with Gasteiger partial charge in [0.2, 0.25) is 5.88 Å². The molecule has 1 aromatic rings. The molecule has 0 amide bonds. The van der Waals surface area contributed by atoms with E-state index in [1.165, 1.54) is 12.1 Å². The van der Waals surface area contributed by atoms with Crippen LogP contribution in [0.4, 0.5) is 0 Å². The van der Waals surface area contributed by atoms with Gasteiger partial charge in [-0.2, -0.15) is 0 Å². The second-order valence-corrected chi connectivity index (χ2v) is 4.78. The van der Waals surface area contributed by atoms with Gasteiger partial charge in [-0.05, 0) is 25.2 Å². The van der Waals surface area contributed by atoms with Gasteiger partial charge in [-0.3, -0.25) is 4.68 Å². The first-order chi connectivity index (χ1) is 7.60. The summed E-state index contributed by atoms with van der Waals surface area (Å²) < 4.78 is 1.99. The van der Waals surface area contributed by atoms with E-state index in [0.29, 0.717) is 5.92 Å². The molecule has 0 aliphatic rings. The Morgan fingerprint density at radius 2 is 2.00 bits per heavy atom. The lowest BCUT2D eigenvalue weighted by Gasteiger charge is -2.10.